The molecule has 2 atom stereocenters. The molecule has 7 nitrogen and oxygen atoms in total. The van der Waals surface area contributed by atoms with Crippen molar-refractivity contribution in [2.45, 2.75) is 51.6 Å². The number of aromatic nitrogens is 2. The first-order chi connectivity index (χ1) is 10.9. The van der Waals surface area contributed by atoms with Gasteiger partial charge in [0.15, 0.2) is 0 Å². The van der Waals surface area contributed by atoms with Crippen LogP contribution < -0.4 is 10.6 Å². The van der Waals surface area contributed by atoms with Crippen LogP contribution >= 0.6 is 0 Å². The number of hydrogen-bond donors (Lipinski definition) is 1. The molecule has 2 N–H and O–H groups in total. The third-order valence-electron chi connectivity index (χ3n) is 4.85. The molecule has 2 saturated heterocycles. The van der Waals surface area contributed by atoms with Gasteiger partial charge in [-0.25, -0.2) is 0 Å². The molecule has 2 fully saturated rings. The number of nitrogens with zero attached hydrogens (tertiary/aromatic N) is 3. The molecule has 0 unspecified atom stereocenters. The minimum atomic E-state index is -0.233. The summed E-state index contributed by atoms with van der Waals surface area (Å²) in [6, 6.07) is 0. The molecule has 3 rings (SSSR count). The van der Waals surface area contributed by atoms with E-state index in [0.717, 1.165) is 32.4 Å². The van der Waals surface area contributed by atoms with Crippen LogP contribution in [-0.2, 0) is 14.9 Å². The maximum Gasteiger partial charge on any atom is 0.266 e. The summed E-state index contributed by atoms with van der Waals surface area (Å²) in [6.07, 6.45) is 2.63. The summed E-state index contributed by atoms with van der Waals surface area (Å²) < 4.78 is 11.2. The Bertz CT molecular complexity index is 558. The van der Waals surface area contributed by atoms with Crippen LogP contribution in [0.2, 0.25) is 0 Å². The molecule has 23 heavy (non-hydrogen) atoms. The average Bonchev–Trinajstić information content (AvgIpc) is 3.16. The van der Waals surface area contributed by atoms with Crippen molar-refractivity contribution in [2.24, 2.45) is 17.6 Å². The number of amides is 1. The molecule has 3 heterocycles. The van der Waals surface area contributed by atoms with E-state index in [1.165, 1.54) is 0 Å². The van der Waals surface area contributed by atoms with Gasteiger partial charge in [-0.15, -0.1) is 0 Å². The molecule has 1 amide bonds. The highest BCUT2D eigenvalue weighted by Gasteiger charge is 2.39. The van der Waals surface area contributed by atoms with Gasteiger partial charge in [0.25, 0.3) is 5.95 Å². The fourth-order valence-electron chi connectivity index (χ4n) is 3.46. The van der Waals surface area contributed by atoms with Gasteiger partial charge in [0.05, 0.1) is 12.0 Å². The lowest BCUT2D eigenvalue weighted by Crippen LogP contribution is -2.42. The number of piperidine rings is 1. The molecule has 1 aromatic rings. The first kappa shape index (κ1) is 16.2. The molecule has 0 radical (unpaired) electrons. The lowest BCUT2D eigenvalue weighted by atomic mass is 9.84. The molecule has 0 bridgehead atoms. The minimum absolute atomic E-state index is 0.0231. The van der Waals surface area contributed by atoms with Crippen molar-refractivity contribution < 1.29 is 14.1 Å². The van der Waals surface area contributed by atoms with E-state index in [-0.39, 0.29) is 23.3 Å². The Morgan fingerprint density at radius 3 is 2.52 bits per heavy atom. The second-order valence-electron chi connectivity index (χ2n) is 7.61. The third kappa shape index (κ3) is 3.34. The summed E-state index contributed by atoms with van der Waals surface area (Å²) in [5, 5.41) is 4.11. The van der Waals surface area contributed by atoms with Crippen molar-refractivity contribution in [2.75, 3.05) is 24.6 Å². The number of primary amides is 1. The number of ether oxygens (including phenoxy) is 1. The van der Waals surface area contributed by atoms with Gasteiger partial charge in [0, 0.05) is 25.1 Å². The average molecular weight is 322 g/mol. The third-order valence-corrected chi connectivity index (χ3v) is 4.85. The van der Waals surface area contributed by atoms with Crippen LogP contribution in [0, 0.1) is 11.8 Å². The van der Waals surface area contributed by atoms with Gasteiger partial charge >= 0.3 is 0 Å². The molecule has 0 aliphatic carbocycles. The van der Waals surface area contributed by atoms with Gasteiger partial charge in [-0.2, -0.15) is 4.98 Å². The highest BCUT2D eigenvalue weighted by Crippen LogP contribution is 2.34. The molecule has 0 saturated carbocycles. The summed E-state index contributed by atoms with van der Waals surface area (Å²) in [5.74, 6) is 1.32. The molecule has 1 aromatic heterocycles. The van der Waals surface area contributed by atoms with E-state index in [1.54, 1.807) is 0 Å². The zero-order valence-electron chi connectivity index (χ0n) is 14.1. The zero-order chi connectivity index (χ0) is 16.6. The van der Waals surface area contributed by atoms with Crippen molar-refractivity contribution in [3.05, 3.63) is 5.89 Å². The Balaban J connectivity index is 1.60. The van der Waals surface area contributed by atoms with E-state index in [0.29, 0.717) is 24.4 Å². The lowest BCUT2D eigenvalue weighted by molar-refractivity contribution is -0.124. The van der Waals surface area contributed by atoms with E-state index in [4.69, 9.17) is 15.0 Å². The predicted molar refractivity (Wildman–Crippen MR) is 85.0 cm³/mol. The number of carbonyl (C=O) groups excluding carboxylic acids is 1. The second-order valence-corrected chi connectivity index (χ2v) is 7.61. The molecule has 7 heteroatoms. The van der Waals surface area contributed by atoms with Gasteiger partial charge in [-0.3, -0.25) is 4.79 Å². The Morgan fingerprint density at radius 2 is 1.96 bits per heavy atom. The summed E-state index contributed by atoms with van der Waals surface area (Å²) in [7, 11) is 0. The summed E-state index contributed by atoms with van der Waals surface area (Å²) in [4.78, 5) is 18.2. The SMILES string of the molecule is CC(C)(C)c1nc(N2CCC([C@H]3OCC[C@@H]3C(N)=O)CC2)no1. The van der Waals surface area contributed by atoms with Crippen LogP contribution in [0.3, 0.4) is 0 Å². The monoisotopic (exact) mass is 322 g/mol. The topological polar surface area (TPSA) is 94.5 Å². The number of carbonyl (C=O) groups is 1. The largest absolute Gasteiger partial charge is 0.377 e. The highest BCUT2D eigenvalue weighted by molar-refractivity contribution is 5.77. The normalized spacial score (nSPS) is 26.7. The Kier molecular flexibility index (Phi) is 4.31. The van der Waals surface area contributed by atoms with Gasteiger partial charge in [0.1, 0.15) is 0 Å². The van der Waals surface area contributed by atoms with Crippen LogP contribution in [0.25, 0.3) is 0 Å². The molecular weight excluding hydrogens is 296 g/mol. The molecule has 2 aliphatic heterocycles. The Hall–Kier alpha value is -1.63. The Labute approximate surface area is 136 Å². The predicted octanol–water partition coefficient (Wildman–Crippen LogP) is 1.47. The molecule has 0 aromatic carbocycles. The standard InChI is InChI=1S/C16H26N4O3/c1-16(2,3)14-18-15(19-23-14)20-7-4-10(5-8-20)12-11(13(17)21)6-9-22-12/h10-12H,4-9H2,1-3H3,(H2,17,21)/t11-,12+/m0/s1. The van der Waals surface area contributed by atoms with E-state index in [2.05, 4.69) is 35.8 Å². The van der Waals surface area contributed by atoms with Crippen LogP contribution in [0.4, 0.5) is 5.95 Å². The zero-order valence-corrected chi connectivity index (χ0v) is 14.1. The van der Waals surface area contributed by atoms with Crippen LogP contribution in [0.15, 0.2) is 4.52 Å². The number of rotatable bonds is 3. The summed E-state index contributed by atoms with van der Waals surface area (Å²) in [6.45, 7) is 8.49. The first-order valence-electron chi connectivity index (χ1n) is 8.36. The summed E-state index contributed by atoms with van der Waals surface area (Å²) >= 11 is 0. The van der Waals surface area contributed by atoms with Gasteiger partial charge in [-0.05, 0) is 30.3 Å². The van der Waals surface area contributed by atoms with E-state index in [9.17, 15) is 4.79 Å². The molecular formula is C16H26N4O3. The highest BCUT2D eigenvalue weighted by atomic mass is 16.5. The lowest BCUT2D eigenvalue weighted by Gasteiger charge is -2.35. The van der Waals surface area contributed by atoms with Crippen LogP contribution in [0.5, 0.6) is 0 Å². The minimum Gasteiger partial charge on any atom is -0.377 e. The fraction of sp³-hybridized carbons (Fsp3) is 0.812. The number of anilines is 1. The van der Waals surface area contributed by atoms with Crippen molar-refractivity contribution in [1.29, 1.82) is 0 Å². The maximum atomic E-state index is 11.5. The molecule has 128 valence electrons. The smallest absolute Gasteiger partial charge is 0.266 e. The van der Waals surface area contributed by atoms with Crippen molar-refractivity contribution in [3.63, 3.8) is 0 Å². The van der Waals surface area contributed by atoms with Crippen molar-refractivity contribution in [3.8, 4) is 0 Å². The van der Waals surface area contributed by atoms with E-state index in [1.807, 2.05) is 0 Å². The summed E-state index contributed by atoms with van der Waals surface area (Å²) in [5.41, 5.74) is 5.35. The fourth-order valence-corrected chi connectivity index (χ4v) is 3.46. The van der Waals surface area contributed by atoms with Gasteiger partial charge < -0.3 is 19.9 Å². The van der Waals surface area contributed by atoms with Crippen LogP contribution in [0.1, 0.15) is 45.9 Å². The Morgan fingerprint density at radius 1 is 1.26 bits per heavy atom. The van der Waals surface area contributed by atoms with Gasteiger partial charge in [0.2, 0.25) is 11.8 Å². The maximum absolute atomic E-state index is 11.5. The second kappa shape index (κ2) is 6.11. The van der Waals surface area contributed by atoms with Crippen LogP contribution in [-0.4, -0.2) is 41.8 Å². The van der Waals surface area contributed by atoms with E-state index < -0.39 is 0 Å². The molecule has 0 spiro atoms. The number of hydrogen-bond acceptors (Lipinski definition) is 6. The quantitative estimate of drug-likeness (QED) is 0.905. The molecule has 2 aliphatic rings. The van der Waals surface area contributed by atoms with Crippen molar-refractivity contribution >= 4 is 11.9 Å². The first-order valence-corrected chi connectivity index (χ1v) is 8.36. The van der Waals surface area contributed by atoms with Crippen molar-refractivity contribution in [1.82, 2.24) is 10.1 Å². The van der Waals surface area contributed by atoms with E-state index >= 15 is 0 Å². The number of nitrogens with two attached hydrogens (primary N) is 1. The van der Waals surface area contributed by atoms with Gasteiger partial charge in [-0.1, -0.05) is 20.8 Å².